The van der Waals surface area contributed by atoms with Crippen LogP contribution in [0.15, 0.2) is 12.3 Å². The molecule has 1 fully saturated rings. The van der Waals surface area contributed by atoms with Crippen LogP contribution in [0.1, 0.15) is 45.3 Å². The van der Waals surface area contributed by atoms with Gasteiger partial charge in [0.25, 0.3) is 0 Å². The molecule has 1 aliphatic carbocycles. The lowest BCUT2D eigenvalue weighted by Gasteiger charge is -2.10. The normalized spacial score (nSPS) is 18.0. The van der Waals surface area contributed by atoms with Crippen LogP contribution in [0.25, 0.3) is 0 Å². The van der Waals surface area contributed by atoms with Crippen molar-refractivity contribution < 1.29 is 0 Å². The van der Waals surface area contributed by atoms with Gasteiger partial charge in [-0.25, -0.2) is 0 Å². The van der Waals surface area contributed by atoms with Gasteiger partial charge in [-0.05, 0) is 51.1 Å². The Labute approximate surface area is 98.2 Å². The van der Waals surface area contributed by atoms with E-state index in [9.17, 15) is 0 Å². The number of aromatic nitrogens is 2. The van der Waals surface area contributed by atoms with Gasteiger partial charge in [-0.1, -0.05) is 6.92 Å². The molecule has 1 unspecified atom stereocenters. The molecule has 0 saturated heterocycles. The molecule has 0 bridgehead atoms. The second-order valence-corrected chi connectivity index (χ2v) is 5.33. The molecule has 1 aromatic heterocycles. The van der Waals surface area contributed by atoms with Crippen LogP contribution in [0.5, 0.6) is 0 Å². The second-order valence-electron chi connectivity index (χ2n) is 5.33. The molecule has 2 rings (SSSR count). The summed E-state index contributed by atoms with van der Waals surface area (Å²) < 4.78 is 2.02. The van der Waals surface area contributed by atoms with E-state index in [0.29, 0.717) is 6.04 Å². The predicted molar refractivity (Wildman–Crippen MR) is 66.2 cm³/mol. The van der Waals surface area contributed by atoms with E-state index in [-0.39, 0.29) is 0 Å². The van der Waals surface area contributed by atoms with Crippen LogP contribution in [0.3, 0.4) is 0 Å². The van der Waals surface area contributed by atoms with Crippen molar-refractivity contribution in [3.8, 4) is 0 Å². The standard InChI is InChI=1S/C13H23N3/c1-10(2)16-7-6-13(15-16)9-14-8-11(3)12-4-5-12/h6-7,10-12,14H,4-5,8-9H2,1-3H3. The van der Waals surface area contributed by atoms with E-state index in [2.05, 4.69) is 43.4 Å². The van der Waals surface area contributed by atoms with Gasteiger partial charge in [0, 0.05) is 18.8 Å². The molecule has 1 aliphatic rings. The molecule has 0 aromatic carbocycles. The molecule has 1 heterocycles. The van der Waals surface area contributed by atoms with Crippen molar-refractivity contribution in [3.05, 3.63) is 18.0 Å². The fourth-order valence-electron chi connectivity index (χ4n) is 2.02. The van der Waals surface area contributed by atoms with Gasteiger partial charge in [-0.2, -0.15) is 5.10 Å². The Hall–Kier alpha value is -0.830. The minimum Gasteiger partial charge on any atom is -0.311 e. The molecule has 90 valence electrons. The Balaban J connectivity index is 1.71. The zero-order valence-corrected chi connectivity index (χ0v) is 10.6. The molecule has 0 spiro atoms. The molecule has 1 saturated carbocycles. The van der Waals surface area contributed by atoms with Gasteiger partial charge in [0.2, 0.25) is 0 Å². The average molecular weight is 221 g/mol. The van der Waals surface area contributed by atoms with E-state index in [1.165, 1.54) is 12.8 Å². The lowest BCUT2D eigenvalue weighted by molar-refractivity contribution is 0.456. The number of rotatable bonds is 6. The van der Waals surface area contributed by atoms with Crippen molar-refractivity contribution in [3.63, 3.8) is 0 Å². The van der Waals surface area contributed by atoms with Gasteiger partial charge >= 0.3 is 0 Å². The molecule has 1 atom stereocenters. The molecule has 16 heavy (non-hydrogen) atoms. The minimum absolute atomic E-state index is 0.458. The highest BCUT2D eigenvalue weighted by atomic mass is 15.3. The van der Waals surface area contributed by atoms with Crippen molar-refractivity contribution in [2.24, 2.45) is 11.8 Å². The highest BCUT2D eigenvalue weighted by Gasteiger charge is 2.27. The summed E-state index contributed by atoms with van der Waals surface area (Å²) in [6.07, 6.45) is 4.93. The van der Waals surface area contributed by atoms with E-state index in [0.717, 1.165) is 30.6 Å². The van der Waals surface area contributed by atoms with Crippen molar-refractivity contribution in [1.82, 2.24) is 15.1 Å². The third-order valence-corrected chi connectivity index (χ3v) is 3.39. The van der Waals surface area contributed by atoms with E-state index in [4.69, 9.17) is 0 Å². The molecule has 0 aliphatic heterocycles. The summed E-state index contributed by atoms with van der Waals surface area (Å²) in [6.45, 7) is 8.67. The zero-order chi connectivity index (χ0) is 11.5. The number of hydrogen-bond donors (Lipinski definition) is 1. The number of nitrogens with one attached hydrogen (secondary N) is 1. The molecular weight excluding hydrogens is 198 g/mol. The smallest absolute Gasteiger partial charge is 0.0762 e. The second kappa shape index (κ2) is 5.00. The monoisotopic (exact) mass is 221 g/mol. The molecule has 0 amide bonds. The Bertz CT molecular complexity index is 326. The lowest BCUT2D eigenvalue weighted by atomic mass is 10.1. The Morgan fingerprint density at radius 2 is 2.19 bits per heavy atom. The highest BCUT2D eigenvalue weighted by Crippen LogP contribution is 2.36. The largest absolute Gasteiger partial charge is 0.311 e. The lowest BCUT2D eigenvalue weighted by Crippen LogP contribution is -2.22. The highest BCUT2D eigenvalue weighted by molar-refractivity contribution is 4.99. The quantitative estimate of drug-likeness (QED) is 0.800. The van der Waals surface area contributed by atoms with Gasteiger partial charge < -0.3 is 5.32 Å². The summed E-state index contributed by atoms with van der Waals surface area (Å²) in [7, 11) is 0. The molecule has 3 nitrogen and oxygen atoms in total. The van der Waals surface area contributed by atoms with Gasteiger partial charge in [0.05, 0.1) is 5.69 Å². The van der Waals surface area contributed by atoms with Gasteiger partial charge in [0.15, 0.2) is 0 Å². The van der Waals surface area contributed by atoms with E-state index >= 15 is 0 Å². The first-order chi connectivity index (χ1) is 7.66. The summed E-state index contributed by atoms with van der Waals surface area (Å²) in [5.41, 5.74) is 1.15. The van der Waals surface area contributed by atoms with Crippen LogP contribution in [-0.2, 0) is 6.54 Å². The van der Waals surface area contributed by atoms with Crippen LogP contribution in [0.2, 0.25) is 0 Å². The summed E-state index contributed by atoms with van der Waals surface area (Å²) in [4.78, 5) is 0. The van der Waals surface area contributed by atoms with E-state index < -0.39 is 0 Å². The molecule has 1 N–H and O–H groups in total. The van der Waals surface area contributed by atoms with Crippen LogP contribution < -0.4 is 5.32 Å². The Morgan fingerprint density at radius 1 is 1.44 bits per heavy atom. The van der Waals surface area contributed by atoms with Crippen LogP contribution in [-0.4, -0.2) is 16.3 Å². The summed E-state index contributed by atoms with van der Waals surface area (Å²) in [6, 6.07) is 2.56. The molecule has 3 heteroatoms. The third-order valence-electron chi connectivity index (χ3n) is 3.39. The van der Waals surface area contributed by atoms with Crippen LogP contribution >= 0.6 is 0 Å². The van der Waals surface area contributed by atoms with Crippen molar-refractivity contribution in [2.45, 2.75) is 46.2 Å². The van der Waals surface area contributed by atoms with Crippen LogP contribution in [0, 0.1) is 11.8 Å². The summed E-state index contributed by atoms with van der Waals surface area (Å²) in [5.74, 6) is 1.81. The maximum absolute atomic E-state index is 4.52. The van der Waals surface area contributed by atoms with E-state index in [1.54, 1.807) is 0 Å². The first-order valence-corrected chi connectivity index (χ1v) is 6.41. The number of nitrogens with zero attached hydrogens (tertiary/aromatic N) is 2. The fourth-order valence-corrected chi connectivity index (χ4v) is 2.02. The van der Waals surface area contributed by atoms with Crippen molar-refractivity contribution in [1.29, 1.82) is 0 Å². The topological polar surface area (TPSA) is 29.9 Å². The minimum atomic E-state index is 0.458. The van der Waals surface area contributed by atoms with Crippen molar-refractivity contribution >= 4 is 0 Å². The zero-order valence-electron chi connectivity index (χ0n) is 10.6. The fraction of sp³-hybridized carbons (Fsp3) is 0.769. The van der Waals surface area contributed by atoms with Gasteiger partial charge in [-0.3, -0.25) is 4.68 Å². The average Bonchev–Trinajstić information content (AvgIpc) is 2.98. The maximum Gasteiger partial charge on any atom is 0.0762 e. The van der Waals surface area contributed by atoms with Gasteiger partial charge in [0.1, 0.15) is 0 Å². The molecule has 1 aromatic rings. The molecule has 0 radical (unpaired) electrons. The van der Waals surface area contributed by atoms with Crippen LogP contribution in [0.4, 0.5) is 0 Å². The summed E-state index contributed by atoms with van der Waals surface area (Å²) in [5, 5.41) is 8.02. The summed E-state index contributed by atoms with van der Waals surface area (Å²) >= 11 is 0. The van der Waals surface area contributed by atoms with E-state index in [1.807, 2.05) is 4.68 Å². The Morgan fingerprint density at radius 3 is 2.75 bits per heavy atom. The Kier molecular flexibility index (Phi) is 3.64. The third kappa shape index (κ3) is 3.08. The maximum atomic E-state index is 4.52. The van der Waals surface area contributed by atoms with Crippen molar-refractivity contribution in [2.75, 3.05) is 6.54 Å². The SMILES string of the molecule is CC(CNCc1ccn(C(C)C)n1)C1CC1. The van der Waals surface area contributed by atoms with Gasteiger partial charge in [-0.15, -0.1) is 0 Å². The first kappa shape index (κ1) is 11.6. The molecular formula is C13H23N3. The predicted octanol–water partition coefficient (Wildman–Crippen LogP) is 2.60. The first-order valence-electron chi connectivity index (χ1n) is 6.41. The number of hydrogen-bond acceptors (Lipinski definition) is 2.